The largest absolute Gasteiger partial charge is 0.293 e. The predicted molar refractivity (Wildman–Crippen MR) is 62.6 cm³/mol. The average Bonchev–Trinajstić information content (AvgIpc) is 2.37. The molecule has 0 saturated carbocycles. The third kappa shape index (κ3) is 1.12. The maximum absolute atomic E-state index is 2.37. The van der Waals surface area contributed by atoms with Crippen LogP contribution in [-0.2, 0) is 0 Å². The van der Waals surface area contributed by atoms with Gasteiger partial charge in [0.2, 0.25) is 0 Å². The van der Waals surface area contributed by atoms with Crippen molar-refractivity contribution in [2.75, 3.05) is 14.1 Å². The Kier molecular flexibility index (Phi) is 2.15. The van der Waals surface area contributed by atoms with Crippen molar-refractivity contribution in [2.45, 2.75) is 32.2 Å². The molecule has 1 nitrogen and oxygen atoms in total. The van der Waals surface area contributed by atoms with E-state index in [4.69, 9.17) is 0 Å². The van der Waals surface area contributed by atoms with Gasteiger partial charge in [-0.25, -0.2) is 0 Å². The molecule has 14 heavy (non-hydrogen) atoms. The van der Waals surface area contributed by atoms with E-state index in [1.807, 2.05) is 0 Å². The minimum absolute atomic E-state index is 0.706. The third-order valence-corrected chi connectivity index (χ3v) is 4.00. The SMILES string of the molecule is CCC1c2ccccc2[N+](C)(C)C1C. The van der Waals surface area contributed by atoms with E-state index < -0.39 is 0 Å². The number of rotatable bonds is 1. The Bertz CT molecular complexity index is 341. The first-order valence-electron chi connectivity index (χ1n) is 5.52. The van der Waals surface area contributed by atoms with Crippen molar-refractivity contribution in [1.29, 1.82) is 0 Å². The number of hydrogen-bond acceptors (Lipinski definition) is 0. The zero-order valence-electron chi connectivity index (χ0n) is 9.62. The first-order chi connectivity index (χ1) is 6.59. The third-order valence-electron chi connectivity index (χ3n) is 4.00. The molecule has 1 aromatic rings. The molecule has 0 aliphatic carbocycles. The van der Waals surface area contributed by atoms with Gasteiger partial charge in [0.25, 0.3) is 0 Å². The van der Waals surface area contributed by atoms with Gasteiger partial charge < -0.3 is 0 Å². The van der Waals surface area contributed by atoms with Gasteiger partial charge in [0, 0.05) is 11.5 Å². The van der Waals surface area contributed by atoms with Gasteiger partial charge in [-0.3, -0.25) is 4.48 Å². The number of likely N-dealkylation sites (N-methyl/N-ethyl adjacent to an activating group) is 1. The number of para-hydroxylation sites is 1. The lowest BCUT2D eigenvalue weighted by atomic mass is 9.93. The highest BCUT2D eigenvalue weighted by molar-refractivity contribution is 5.57. The number of quaternary nitrogens is 1. The van der Waals surface area contributed by atoms with E-state index in [0.29, 0.717) is 6.04 Å². The second-order valence-electron chi connectivity index (χ2n) is 4.85. The monoisotopic (exact) mass is 190 g/mol. The molecular formula is C13H20N+. The molecule has 1 aliphatic rings. The molecule has 76 valence electrons. The minimum atomic E-state index is 0.706. The quantitative estimate of drug-likeness (QED) is 0.597. The number of hydrogen-bond donors (Lipinski definition) is 0. The van der Waals surface area contributed by atoms with Crippen LogP contribution in [0, 0.1) is 0 Å². The van der Waals surface area contributed by atoms with Crippen LogP contribution in [0.15, 0.2) is 24.3 Å². The molecule has 0 amide bonds. The van der Waals surface area contributed by atoms with E-state index in [2.05, 4.69) is 52.2 Å². The van der Waals surface area contributed by atoms with Crippen LogP contribution in [-0.4, -0.2) is 20.1 Å². The highest BCUT2D eigenvalue weighted by Crippen LogP contribution is 2.45. The molecule has 0 fully saturated rings. The summed E-state index contributed by atoms with van der Waals surface area (Å²) in [6, 6.07) is 9.61. The lowest BCUT2D eigenvalue weighted by Gasteiger charge is -2.31. The second-order valence-corrected chi connectivity index (χ2v) is 4.85. The van der Waals surface area contributed by atoms with Crippen molar-refractivity contribution in [3.8, 4) is 0 Å². The molecule has 1 aromatic carbocycles. The molecule has 1 aliphatic heterocycles. The molecule has 2 atom stereocenters. The molecule has 0 radical (unpaired) electrons. The van der Waals surface area contributed by atoms with Crippen LogP contribution in [0.3, 0.4) is 0 Å². The molecule has 0 N–H and O–H groups in total. The van der Waals surface area contributed by atoms with Crippen LogP contribution in [0.4, 0.5) is 5.69 Å². The van der Waals surface area contributed by atoms with Crippen LogP contribution >= 0.6 is 0 Å². The van der Waals surface area contributed by atoms with Crippen molar-refractivity contribution < 1.29 is 0 Å². The average molecular weight is 190 g/mol. The maximum atomic E-state index is 2.37. The zero-order chi connectivity index (χ0) is 10.3. The van der Waals surface area contributed by atoms with Crippen LogP contribution in [0.1, 0.15) is 31.7 Å². The molecule has 2 rings (SSSR count). The van der Waals surface area contributed by atoms with E-state index in [0.717, 1.165) is 10.4 Å². The Morgan fingerprint density at radius 2 is 1.86 bits per heavy atom. The Labute approximate surface area is 86.9 Å². The van der Waals surface area contributed by atoms with Crippen LogP contribution in [0.5, 0.6) is 0 Å². The fourth-order valence-corrected chi connectivity index (χ4v) is 2.82. The van der Waals surface area contributed by atoms with E-state index in [1.54, 1.807) is 5.56 Å². The maximum Gasteiger partial charge on any atom is 0.136 e. The number of nitrogens with zero attached hydrogens (tertiary/aromatic N) is 1. The summed E-state index contributed by atoms with van der Waals surface area (Å²) in [7, 11) is 4.64. The summed E-state index contributed by atoms with van der Waals surface area (Å²) in [6.07, 6.45) is 1.25. The molecule has 2 unspecified atom stereocenters. The van der Waals surface area contributed by atoms with Gasteiger partial charge in [0.1, 0.15) is 5.69 Å². The van der Waals surface area contributed by atoms with Crippen LogP contribution in [0.2, 0.25) is 0 Å². The summed E-state index contributed by atoms with van der Waals surface area (Å²) in [5, 5.41) is 0. The fraction of sp³-hybridized carbons (Fsp3) is 0.538. The second kappa shape index (κ2) is 3.09. The summed E-state index contributed by atoms with van der Waals surface area (Å²) in [6.45, 7) is 4.66. The van der Waals surface area contributed by atoms with Gasteiger partial charge in [-0.2, -0.15) is 0 Å². The number of benzene rings is 1. The highest BCUT2D eigenvalue weighted by atomic mass is 15.4. The molecular weight excluding hydrogens is 170 g/mol. The van der Waals surface area contributed by atoms with Crippen molar-refractivity contribution in [2.24, 2.45) is 0 Å². The molecule has 0 aromatic heterocycles. The Morgan fingerprint density at radius 1 is 1.21 bits per heavy atom. The smallest absolute Gasteiger partial charge is 0.136 e. The molecule has 0 spiro atoms. The van der Waals surface area contributed by atoms with E-state index >= 15 is 0 Å². The van der Waals surface area contributed by atoms with Gasteiger partial charge in [0.05, 0.1) is 20.1 Å². The summed E-state index contributed by atoms with van der Waals surface area (Å²) in [4.78, 5) is 0. The summed E-state index contributed by atoms with van der Waals surface area (Å²) in [5.74, 6) is 0.737. The zero-order valence-corrected chi connectivity index (χ0v) is 9.62. The topological polar surface area (TPSA) is 0 Å². The fourth-order valence-electron chi connectivity index (χ4n) is 2.82. The van der Waals surface area contributed by atoms with Gasteiger partial charge >= 0.3 is 0 Å². The highest BCUT2D eigenvalue weighted by Gasteiger charge is 2.43. The van der Waals surface area contributed by atoms with Crippen LogP contribution in [0.25, 0.3) is 0 Å². The molecule has 0 bridgehead atoms. The van der Waals surface area contributed by atoms with Crippen molar-refractivity contribution in [1.82, 2.24) is 4.48 Å². The van der Waals surface area contributed by atoms with E-state index in [9.17, 15) is 0 Å². The Hall–Kier alpha value is -0.820. The number of fused-ring (bicyclic) bond motifs is 1. The summed E-state index contributed by atoms with van der Waals surface area (Å²) in [5.41, 5.74) is 3.07. The van der Waals surface area contributed by atoms with Gasteiger partial charge in [-0.15, -0.1) is 0 Å². The Morgan fingerprint density at radius 3 is 2.50 bits per heavy atom. The lowest BCUT2D eigenvalue weighted by molar-refractivity contribution is 0.301. The van der Waals surface area contributed by atoms with Gasteiger partial charge in [-0.1, -0.05) is 25.1 Å². The minimum Gasteiger partial charge on any atom is -0.293 e. The van der Waals surface area contributed by atoms with E-state index in [-0.39, 0.29) is 0 Å². The normalized spacial score (nSPS) is 28.9. The van der Waals surface area contributed by atoms with Crippen molar-refractivity contribution >= 4 is 5.69 Å². The first-order valence-corrected chi connectivity index (χ1v) is 5.52. The van der Waals surface area contributed by atoms with Crippen LogP contribution < -0.4 is 4.48 Å². The molecule has 0 saturated heterocycles. The first kappa shape index (κ1) is 9.72. The summed E-state index contributed by atoms with van der Waals surface area (Å²) < 4.78 is 1.04. The molecule has 1 heterocycles. The standard InChI is InChI=1S/C13H20N/c1-5-11-10(2)14(3,4)13-9-7-6-8-12(11)13/h6-11H,5H2,1-4H3/q+1. The van der Waals surface area contributed by atoms with Gasteiger partial charge in [0.15, 0.2) is 0 Å². The Balaban J connectivity index is 2.57. The predicted octanol–water partition coefficient (Wildman–Crippen LogP) is 3.15. The van der Waals surface area contributed by atoms with Gasteiger partial charge in [-0.05, 0) is 19.4 Å². The lowest BCUT2D eigenvalue weighted by Crippen LogP contribution is -2.46. The molecule has 1 heteroatoms. The van der Waals surface area contributed by atoms with Crippen molar-refractivity contribution in [3.05, 3.63) is 29.8 Å². The summed E-state index contributed by atoms with van der Waals surface area (Å²) >= 11 is 0. The van der Waals surface area contributed by atoms with E-state index in [1.165, 1.54) is 12.1 Å². The van der Waals surface area contributed by atoms with Crippen molar-refractivity contribution in [3.63, 3.8) is 0 Å².